The van der Waals surface area contributed by atoms with Crippen LogP contribution in [0.5, 0.6) is 0 Å². The van der Waals surface area contributed by atoms with E-state index in [9.17, 15) is 48.3 Å². The zero-order chi connectivity index (χ0) is 85.7. The monoisotopic (exact) mass is 1730 g/mol. The van der Waals surface area contributed by atoms with Gasteiger partial charge in [0.05, 0.1) is 65.9 Å². The largest absolute Gasteiger partial charge is 0.456 e. The fraction of sp³-hybridized carbons (Fsp3) is 0.519. The number of benzene rings is 3. The molecule has 0 saturated carbocycles. The van der Waals surface area contributed by atoms with E-state index in [2.05, 4.69) is 35.3 Å². The first-order chi connectivity index (χ1) is 57.1. The summed E-state index contributed by atoms with van der Waals surface area (Å²) in [6.45, 7) is 13.1. The number of H-pyrrole nitrogens is 1. The van der Waals surface area contributed by atoms with E-state index in [-0.39, 0.29) is 120 Å². The molecule has 42 heteroatoms. The third-order valence-electron chi connectivity index (χ3n) is 19.7. The number of methoxy groups -OCH3 is 3. The van der Waals surface area contributed by atoms with E-state index < -0.39 is 173 Å². The van der Waals surface area contributed by atoms with Crippen LogP contribution in [0.2, 0.25) is 0 Å². The highest BCUT2D eigenvalue weighted by Crippen LogP contribution is 2.57. The molecule has 4 fully saturated rings. The van der Waals surface area contributed by atoms with E-state index in [1.165, 1.54) is 46.8 Å². The summed E-state index contributed by atoms with van der Waals surface area (Å²) in [5.74, 6) is -2.85. The number of aliphatic hydroxyl groups is 1. The van der Waals surface area contributed by atoms with Crippen molar-refractivity contribution in [2.24, 2.45) is 0 Å². The van der Waals surface area contributed by atoms with Gasteiger partial charge in [0.25, 0.3) is 23.3 Å². The van der Waals surface area contributed by atoms with Crippen molar-refractivity contribution >= 4 is 78.3 Å². The van der Waals surface area contributed by atoms with Crippen molar-refractivity contribution in [2.75, 3.05) is 144 Å². The predicted molar refractivity (Wildman–Crippen MR) is 432 cm³/mol. The van der Waals surface area contributed by atoms with E-state index >= 15 is 0 Å². The fourth-order valence-electron chi connectivity index (χ4n) is 13.3. The van der Waals surface area contributed by atoms with Gasteiger partial charge < -0.3 is 101 Å². The maximum Gasteiger partial charge on any atom is 0.351 e. The van der Waals surface area contributed by atoms with Gasteiger partial charge in [-0.25, -0.2) is 27.5 Å². The molecule has 4 N–H and O–H groups in total. The van der Waals surface area contributed by atoms with Crippen LogP contribution in [-0.4, -0.2) is 261 Å². The topological polar surface area (TPSA) is 417 Å². The molecule has 0 bridgehead atoms. The molecule has 0 spiro atoms. The van der Waals surface area contributed by atoms with Crippen LogP contribution in [0.4, 0.5) is 11.6 Å². The molecule has 0 aliphatic carbocycles. The number of nitrogens with zero attached hydrogens (tertiary/aromatic N) is 9. The lowest BCUT2D eigenvalue weighted by Gasteiger charge is -2.35. The number of hydrogen-bond donors (Lipinski definition) is 4. The first-order valence-electron chi connectivity index (χ1n) is 37.9. The van der Waals surface area contributed by atoms with Gasteiger partial charge >= 0.3 is 36.5 Å². The average Bonchev–Trinajstić information content (AvgIpc) is 1.64. The number of carbonyl (C=O) groups is 5. The summed E-state index contributed by atoms with van der Waals surface area (Å²) in [7, 11) is 4.22. The van der Waals surface area contributed by atoms with Gasteiger partial charge in [-0.3, -0.25) is 56.5 Å². The summed E-state index contributed by atoms with van der Waals surface area (Å²) in [5, 5.41) is 16.5. The highest BCUT2D eigenvalue weighted by atomic mass is 32.5. The number of anilines is 2. The third-order valence-corrected chi connectivity index (χ3v) is 24.4. The lowest BCUT2D eigenvalue weighted by atomic mass is 10.00. The number of esters is 1. The van der Waals surface area contributed by atoms with Crippen LogP contribution in [-0.2, 0) is 108 Å². The Morgan fingerprint density at radius 3 is 1.40 bits per heavy atom. The molecule has 4 aliphatic heterocycles. The summed E-state index contributed by atoms with van der Waals surface area (Å²) < 4.78 is 104. The molecule has 0 radical (unpaired) electrons. The predicted octanol–water partition coefficient (Wildman–Crippen LogP) is 4.99. The fourth-order valence-corrected chi connectivity index (χ4v) is 17.5. The number of aromatic nitrogens is 6. The number of amides is 4. The van der Waals surface area contributed by atoms with Gasteiger partial charge in [-0.05, 0) is 118 Å². The van der Waals surface area contributed by atoms with Gasteiger partial charge in [-0.2, -0.15) is 9.97 Å². The Balaban J connectivity index is 0.986. The number of aryl methyl sites for hydroxylation is 5. The second-order valence-corrected chi connectivity index (χ2v) is 33.8. The van der Waals surface area contributed by atoms with Crippen LogP contribution >= 0.6 is 13.4 Å². The van der Waals surface area contributed by atoms with E-state index in [0.29, 0.717) is 16.7 Å². The van der Waals surface area contributed by atoms with Crippen molar-refractivity contribution in [1.82, 2.24) is 38.5 Å². The molecule has 119 heavy (non-hydrogen) atoms. The molecular formula is C77H96N12O26P2S2. The van der Waals surface area contributed by atoms with E-state index in [0.717, 1.165) is 30.4 Å². The second kappa shape index (κ2) is 43.5. The van der Waals surface area contributed by atoms with Gasteiger partial charge in [0.15, 0.2) is 24.8 Å². The van der Waals surface area contributed by atoms with Gasteiger partial charge in [0.1, 0.15) is 73.7 Å². The van der Waals surface area contributed by atoms with E-state index in [1.54, 1.807) is 84.3 Å². The summed E-state index contributed by atoms with van der Waals surface area (Å²) in [6.07, 6.45) is -15.1. The molecule has 5 unspecified atom stereocenters. The molecular weight excluding hydrogens is 1630 g/mol. The van der Waals surface area contributed by atoms with Crippen LogP contribution < -0.4 is 33.3 Å². The minimum absolute atomic E-state index is 0.00620. The molecule has 14 atom stereocenters. The first-order valence-corrected chi connectivity index (χ1v) is 43.1. The molecule has 10 rings (SSSR count). The highest BCUT2D eigenvalue weighted by molar-refractivity contribution is 8.07. The summed E-state index contributed by atoms with van der Waals surface area (Å²) in [6, 6.07) is 20.1. The molecule has 4 amide bonds. The normalized spacial score (nSPS) is 22.7. The maximum absolute atomic E-state index is 14.7. The quantitative estimate of drug-likeness (QED) is 0.0170. The molecule has 6 aromatic rings. The summed E-state index contributed by atoms with van der Waals surface area (Å²) in [4.78, 5) is 145. The number of aliphatic hydroxyl groups excluding tert-OH is 1. The van der Waals surface area contributed by atoms with Gasteiger partial charge in [0.2, 0.25) is 19.0 Å². The molecule has 4 aliphatic rings. The Labute approximate surface area is 694 Å². The highest BCUT2D eigenvalue weighted by Gasteiger charge is 2.55. The van der Waals surface area contributed by atoms with Crippen LogP contribution in [0, 0.1) is 54.7 Å². The minimum atomic E-state index is -4.59. The van der Waals surface area contributed by atoms with Crippen LogP contribution in [0.3, 0.4) is 0 Å². The van der Waals surface area contributed by atoms with Crippen molar-refractivity contribution in [1.29, 1.82) is 0 Å². The van der Waals surface area contributed by atoms with Crippen molar-refractivity contribution in [2.45, 2.75) is 128 Å². The summed E-state index contributed by atoms with van der Waals surface area (Å²) >= 11 is 12.6. The molecule has 4 saturated heterocycles. The first kappa shape index (κ1) is 92.4. The number of piperazine rings is 1. The van der Waals surface area contributed by atoms with E-state index in [4.69, 9.17) is 111 Å². The Morgan fingerprint density at radius 2 is 0.950 bits per heavy atom. The van der Waals surface area contributed by atoms with Crippen molar-refractivity contribution < 1.29 is 104 Å². The minimum Gasteiger partial charge on any atom is -0.456 e. The molecule has 3 aromatic carbocycles. The Morgan fingerprint density at radius 1 is 0.529 bits per heavy atom. The SMILES string of the molecule is [C-]#[N+]CCOP(=S)(OC[C@H]1O[C@@H](n2cc(C)c(NC(=O)c3ccccc3)nc2=O)[C@@H](OCCOC)C1OP(=S)(OCC[N+]#[C-])OC[C@H]1O[C@@H](n2cc(C)c(=O)[nH]c2=O)[C@@H](OCCOC)C1OC(=O)CCC(=O)N1CCN(C(=O)c2cc(C)c(C)c(C)c2)CC1)OC1[C@@H](CO)O[C@@H](n2cc(C)c(NC(=O)c3ccccc3)nc2=O)[C@H]1OCCOC. The van der Waals surface area contributed by atoms with Gasteiger partial charge in [0, 0.05) is 106 Å². The summed E-state index contributed by atoms with van der Waals surface area (Å²) in [5.41, 5.74) is 1.10. The average molecular weight is 1730 g/mol. The maximum atomic E-state index is 14.7. The molecule has 7 heterocycles. The number of rotatable bonds is 41. The lowest BCUT2D eigenvalue weighted by Crippen LogP contribution is -2.50. The number of carbonyl (C=O) groups excluding carboxylic acids is 5. The Bertz CT molecular complexity index is 4960. The van der Waals surface area contributed by atoms with Crippen LogP contribution in [0.1, 0.15) is 96.0 Å². The third kappa shape index (κ3) is 23.8. The Kier molecular flexibility index (Phi) is 33.8. The van der Waals surface area contributed by atoms with Gasteiger partial charge in [-0.15, -0.1) is 0 Å². The molecule has 38 nitrogen and oxygen atoms in total. The second-order valence-electron chi connectivity index (χ2n) is 27.8. The standard InChI is InChI=1S/C77H96N12O26P2S2/c1-46-38-54(39-47(2)51(46)6)71(96)86-28-26-85(27-29-86)58(91)22-23-59(92)113-60-56(111-72(63(60)103-35-32-100-9)89-42-50(5)68(93)84-77(89)99)44-108-117(119,107-31-25-79-8)115-62-57(112-74(65(62)105-37-34-102-11)88-41-49(4)67(83-76(88)98)81-70(95)53-20-16-13-17-21-53)45-109-116(118,106-30-24-78-7)114-61-55(43-90)110-73(64(61)104-36-33-101-10)87-40-48(3)66(82-75(87)97)80-69(94)52-18-14-12-15-19-52/h12-21,38-42,55-57,60-65,72-74,90H,22-37,43-45H2,1-6,9-11H3,(H,84,93,99)(H,80,82,94,97)(H,81,83,95,98)/t55-,56-,57-,60?,61?,62?,63+,64+,65+,72-,73-,74-,116?,117?/m1/s1. The Hall–Kier alpha value is -8.91. The number of ether oxygens (including phenoxy) is 10. The number of hydrogen-bond acceptors (Lipinski definition) is 30. The number of aromatic amines is 1. The van der Waals surface area contributed by atoms with Gasteiger partial charge in [-0.1, -0.05) is 36.4 Å². The van der Waals surface area contributed by atoms with Crippen LogP contribution in [0.25, 0.3) is 9.69 Å². The van der Waals surface area contributed by atoms with Crippen molar-refractivity contribution in [3.8, 4) is 0 Å². The molecule has 3 aromatic heterocycles. The van der Waals surface area contributed by atoms with Crippen molar-refractivity contribution in [3.05, 3.63) is 206 Å². The lowest BCUT2D eigenvalue weighted by molar-refractivity contribution is -0.160. The zero-order valence-corrected chi connectivity index (χ0v) is 70.3. The van der Waals surface area contributed by atoms with Crippen LogP contribution in [0.15, 0.2) is 111 Å². The number of nitrogens with one attached hydrogen (secondary N) is 3. The molecule has 642 valence electrons. The zero-order valence-electron chi connectivity index (χ0n) is 66.9. The van der Waals surface area contributed by atoms with Crippen molar-refractivity contribution in [3.63, 3.8) is 0 Å². The smallest absolute Gasteiger partial charge is 0.351 e. The van der Waals surface area contributed by atoms with E-state index in [1.807, 2.05) is 32.9 Å².